The van der Waals surface area contributed by atoms with Crippen molar-refractivity contribution in [2.24, 2.45) is 0 Å². The second-order valence-corrected chi connectivity index (χ2v) is 2.98. The summed E-state index contributed by atoms with van der Waals surface area (Å²) in [6.45, 7) is 6.60. The van der Waals surface area contributed by atoms with Crippen LogP contribution in [0, 0.1) is 0 Å². The minimum absolute atomic E-state index is 2.37. The van der Waals surface area contributed by atoms with Crippen LogP contribution in [-0.4, -0.2) is 0 Å². The Kier molecular flexibility index (Phi) is 14.7. The van der Waals surface area contributed by atoms with Crippen LogP contribution in [0.4, 0.5) is 0 Å². The van der Waals surface area contributed by atoms with Crippen LogP contribution in [0.2, 0.25) is 0 Å². The van der Waals surface area contributed by atoms with Crippen molar-refractivity contribution in [3.63, 3.8) is 0 Å². The van der Waals surface area contributed by atoms with Crippen molar-refractivity contribution in [1.29, 1.82) is 0 Å². The monoisotopic (exact) mass is 304 g/mol. The van der Waals surface area contributed by atoms with Crippen LogP contribution in [0.15, 0.2) is 145 Å². The zero-order valence-corrected chi connectivity index (χ0v) is 12.9. The van der Waals surface area contributed by atoms with Gasteiger partial charge in [-0.05, 0) is 105 Å². The molecule has 0 aromatic rings. The summed E-state index contributed by atoms with van der Waals surface area (Å²) in [4.78, 5) is 0. The van der Waals surface area contributed by atoms with E-state index >= 15 is 0 Å². The number of hydrogen-bond donors (Lipinski definition) is 0. The van der Waals surface area contributed by atoms with Crippen molar-refractivity contribution in [3.05, 3.63) is 145 Å². The Morgan fingerprint density at radius 1 is 0.200 bits per heavy atom. The average Bonchev–Trinajstić information content (AvgIpc) is 2.63. The summed E-state index contributed by atoms with van der Waals surface area (Å²) in [5.74, 6) is 0. The van der Waals surface area contributed by atoms with E-state index in [1.165, 1.54) is 0 Å². The zero-order chi connectivity index (χ0) is 18.3. The molecule has 0 aliphatic rings. The van der Waals surface area contributed by atoms with Gasteiger partial charge < -0.3 is 0 Å². The van der Waals surface area contributed by atoms with Gasteiger partial charge in [-0.3, -0.25) is 0 Å². The first-order chi connectivity index (χ1) is 12.4. The Morgan fingerprint density at radius 2 is 0.320 bits per heavy atom. The molecule has 0 unspecified atom stereocenters. The predicted molar refractivity (Wildman–Crippen MR) is 92.1 cm³/mol. The summed E-state index contributed by atoms with van der Waals surface area (Å²) in [5.41, 5.74) is 56.9. The van der Waals surface area contributed by atoms with Crippen molar-refractivity contribution in [3.8, 4) is 0 Å². The maximum Gasteiger partial charge on any atom is 0 e. The Bertz CT molecular complexity index is 1300. The minimum atomic E-state index is 2.37. The Labute approximate surface area is 145 Å². The van der Waals surface area contributed by atoms with Gasteiger partial charge in [0.25, 0.3) is 0 Å². The second-order valence-electron chi connectivity index (χ2n) is 2.98. The van der Waals surface area contributed by atoms with Gasteiger partial charge in [0, 0.05) is 28.7 Å². The molecule has 104 valence electrons. The minimum Gasteiger partial charge on any atom is -0.0687 e. The van der Waals surface area contributed by atoms with E-state index in [-0.39, 0.29) is 0 Å². The average molecular weight is 304 g/mol. The van der Waals surface area contributed by atoms with E-state index in [0.717, 1.165) is 0 Å². The fourth-order valence-corrected chi connectivity index (χ4v) is 0.682. The van der Waals surface area contributed by atoms with E-state index in [1.54, 1.807) is 0 Å². The molecular formula is C25H4. The van der Waals surface area contributed by atoms with Crippen LogP contribution in [-0.2, 0) is 0 Å². The van der Waals surface area contributed by atoms with Crippen molar-refractivity contribution < 1.29 is 0 Å². The van der Waals surface area contributed by atoms with Crippen LogP contribution in [0.3, 0.4) is 0 Å². The van der Waals surface area contributed by atoms with Crippen LogP contribution in [0.25, 0.3) is 0 Å². The Balaban J connectivity index is 5.88. The Morgan fingerprint density at radius 3 is 0.440 bits per heavy atom. The van der Waals surface area contributed by atoms with Gasteiger partial charge in [-0.2, -0.15) is 0 Å². The summed E-state index contributed by atoms with van der Waals surface area (Å²) in [6, 6.07) is 0. The van der Waals surface area contributed by atoms with E-state index in [0.29, 0.717) is 0 Å². The molecule has 0 heterocycles. The lowest BCUT2D eigenvalue weighted by Crippen LogP contribution is -1.25. The highest BCUT2D eigenvalue weighted by Crippen LogP contribution is 1.58. The molecule has 0 amide bonds. The largest absolute Gasteiger partial charge is 0.0687 e. The molecule has 0 N–H and O–H groups in total. The molecule has 0 atom stereocenters. The summed E-state index contributed by atoms with van der Waals surface area (Å²) in [7, 11) is 0. The fraction of sp³-hybridized carbons (Fsp3) is 0. The highest BCUT2D eigenvalue weighted by molar-refractivity contribution is 4.94. The van der Waals surface area contributed by atoms with Crippen LogP contribution in [0.1, 0.15) is 0 Å². The SMILES string of the molecule is C=C=C=C=C=C=C=C=C=C=C=C=C=C=C=C=C=C=C=C=C=C=C=C=C. The van der Waals surface area contributed by atoms with E-state index < -0.39 is 0 Å². The molecule has 0 radical (unpaired) electrons. The summed E-state index contributed by atoms with van der Waals surface area (Å²) in [5, 5.41) is 0. The van der Waals surface area contributed by atoms with Crippen molar-refractivity contribution >= 4 is 0 Å². The third kappa shape index (κ3) is 18.7. The maximum atomic E-state index is 3.30. The maximum absolute atomic E-state index is 3.30. The number of hydrogen-bond acceptors (Lipinski definition) is 0. The van der Waals surface area contributed by atoms with Gasteiger partial charge in [0.2, 0.25) is 0 Å². The summed E-state index contributed by atoms with van der Waals surface area (Å²) < 4.78 is 0. The van der Waals surface area contributed by atoms with Gasteiger partial charge in [-0.25, -0.2) is 0 Å². The standard InChI is InChI=1S/C25H4/c1-3-5-7-9-11-13-15-17-19-21-23-25-24-22-20-18-16-14-12-10-8-6-4-2/h1-2H2. The molecule has 0 spiro atoms. The molecule has 0 saturated carbocycles. The van der Waals surface area contributed by atoms with Gasteiger partial charge in [-0.1, -0.05) is 11.5 Å². The topological polar surface area (TPSA) is 0 Å². The van der Waals surface area contributed by atoms with Crippen LogP contribution >= 0.6 is 0 Å². The van der Waals surface area contributed by atoms with Gasteiger partial charge in [0.1, 0.15) is 0 Å². The molecule has 25 heavy (non-hydrogen) atoms. The summed E-state index contributed by atoms with van der Waals surface area (Å²) in [6.07, 6.45) is 0. The first-order valence-corrected chi connectivity index (χ1v) is 6.21. The lowest BCUT2D eigenvalue weighted by molar-refractivity contribution is 2.11. The predicted octanol–water partition coefficient (Wildman–Crippen LogP) is 4.37. The molecule has 0 fully saturated rings. The van der Waals surface area contributed by atoms with Gasteiger partial charge in [0.15, 0.2) is 0 Å². The van der Waals surface area contributed by atoms with Crippen LogP contribution < -0.4 is 0 Å². The molecule has 0 aliphatic heterocycles. The van der Waals surface area contributed by atoms with E-state index in [9.17, 15) is 0 Å². The van der Waals surface area contributed by atoms with Gasteiger partial charge in [-0.15, -0.1) is 0 Å². The molecule has 0 bridgehead atoms. The van der Waals surface area contributed by atoms with Gasteiger partial charge in [0.05, 0.1) is 0 Å². The van der Waals surface area contributed by atoms with E-state index in [2.05, 4.69) is 145 Å². The normalized spacial score (nSPS) is 3.84. The smallest absolute Gasteiger partial charge is 0 e. The Hall–Kier alpha value is -5.32. The molecular weight excluding hydrogens is 300 g/mol. The third-order valence-electron chi connectivity index (χ3n) is 1.43. The number of rotatable bonds is 0. The van der Waals surface area contributed by atoms with Crippen molar-refractivity contribution in [2.75, 3.05) is 0 Å². The van der Waals surface area contributed by atoms with E-state index in [1.807, 2.05) is 0 Å². The fourth-order valence-electron chi connectivity index (χ4n) is 0.682. The molecule has 0 saturated heterocycles. The molecule has 0 nitrogen and oxygen atoms in total. The molecule has 0 heteroatoms. The van der Waals surface area contributed by atoms with Crippen molar-refractivity contribution in [1.82, 2.24) is 0 Å². The highest BCUT2D eigenvalue weighted by atomic mass is 13.4. The lowest BCUT2D eigenvalue weighted by atomic mass is 10.6. The summed E-state index contributed by atoms with van der Waals surface area (Å²) >= 11 is 0. The molecule has 0 aromatic heterocycles. The molecule has 0 aliphatic carbocycles. The second kappa shape index (κ2) is 18.7. The lowest BCUT2D eigenvalue weighted by Gasteiger charge is -1.40. The first-order valence-electron chi connectivity index (χ1n) is 6.21. The molecule has 0 rings (SSSR count). The molecule has 0 aromatic carbocycles. The van der Waals surface area contributed by atoms with Crippen molar-refractivity contribution in [2.45, 2.75) is 0 Å². The first kappa shape index (κ1) is 19.7. The third-order valence-corrected chi connectivity index (χ3v) is 1.43. The zero-order valence-electron chi connectivity index (χ0n) is 12.9. The van der Waals surface area contributed by atoms with E-state index in [4.69, 9.17) is 0 Å². The van der Waals surface area contributed by atoms with Gasteiger partial charge >= 0.3 is 0 Å². The van der Waals surface area contributed by atoms with Crippen LogP contribution in [0.5, 0.6) is 0 Å². The quantitative estimate of drug-likeness (QED) is 0.583. The highest BCUT2D eigenvalue weighted by Gasteiger charge is 1.42.